The lowest BCUT2D eigenvalue weighted by Crippen LogP contribution is -2.27. The summed E-state index contributed by atoms with van der Waals surface area (Å²) in [5.74, 6) is 1.07. The molecular formula is C20H23ClFN5OS. The molecule has 0 unspecified atom stereocenters. The molecule has 3 aromatic rings. The van der Waals surface area contributed by atoms with Crippen LogP contribution in [-0.2, 0) is 7.05 Å². The summed E-state index contributed by atoms with van der Waals surface area (Å²) in [5.41, 5.74) is 1.88. The Kier molecular flexibility index (Phi) is 6.66. The van der Waals surface area contributed by atoms with Gasteiger partial charge in [-0.3, -0.25) is 10.1 Å². The maximum absolute atomic E-state index is 13.2. The number of amides is 1. The molecule has 3 heterocycles. The molecule has 4 rings (SSSR count). The Hall–Kier alpha value is -2.29. The predicted octanol–water partition coefficient (Wildman–Crippen LogP) is 4.13. The molecule has 154 valence electrons. The van der Waals surface area contributed by atoms with E-state index in [0.29, 0.717) is 16.7 Å². The normalized spacial score (nSPS) is 14.4. The zero-order valence-electron chi connectivity index (χ0n) is 16.2. The highest BCUT2D eigenvalue weighted by molar-refractivity contribution is 7.17. The number of carbonyl (C=O) groups is 1. The molecule has 1 fully saturated rings. The van der Waals surface area contributed by atoms with Gasteiger partial charge in [-0.2, -0.15) is 10.1 Å². The Balaban J connectivity index is 0.00000240. The number of aryl methyl sites for hydroxylation is 2. The molecule has 1 aliphatic heterocycles. The third-order valence-corrected chi connectivity index (χ3v) is 6.24. The van der Waals surface area contributed by atoms with Gasteiger partial charge >= 0.3 is 0 Å². The molecule has 0 spiro atoms. The van der Waals surface area contributed by atoms with E-state index in [1.165, 1.54) is 23.5 Å². The highest BCUT2D eigenvalue weighted by atomic mass is 35.5. The molecule has 1 amide bonds. The first-order valence-electron chi connectivity index (χ1n) is 9.30. The minimum Gasteiger partial charge on any atom is -0.317 e. The quantitative estimate of drug-likeness (QED) is 0.646. The van der Waals surface area contributed by atoms with Crippen molar-refractivity contribution in [3.63, 3.8) is 0 Å². The molecule has 1 aromatic carbocycles. The third kappa shape index (κ3) is 4.66. The van der Waals surface area contributed by atoms with E-state index in [1.807, 2.05) is 13.0 Å². The molecule has 29 heavy (non-hydrogen) atoms. The van der Waals surface area contributed by atoms with E-state index in [9.17, 15) is 9.18 Å². The number of benzene rings is 1. The van der Waals surface area contributed by atoms with Crippen LogP contribution in [0.25, 0.3) is 10.4 Å². The molecule has 1 aliphatic rings. The van der Waals surface area contributed by atoms with E-state index in [2.05, 4.69) is 20.7 Å². The highest BCUT2D eigenvalue weighted by Crippen LogP contribution is 2.33. The lowest BCUT2D eigenvalue weighted by atomic mass is 9.98. The predicted molar refractivity (Wildman–Crippen MR) is 115 cm³/mol. The summed E-state index contributed by atoms with van der Waals surface area (Å²) < 4.78 is 14.8. The van der Waals surface area contributed by atoms with Crippen LogP contribution >= 0.6 is 23.7 Å². The number of thiophene rings is 1. The largest absolute Gasteiger partial charge is 0.317 e. The third-order valence-electron chi connectivity index (χ3n) is 4.96. The van der Waals surface area contributed by atoms with Crippen LogP contribution in [-0.4, -0.2) is 33.8 Å². The van der Waals surface area contributed by atoms with Gasteiger partial charge in [-0.25, -0.2) is 9.07 Å². The summed E-state index contributed by atoms with van der Waals surface area (Å²) in [6.07, 6.45) is 2.01. The van der Waals surface area contributed by atoms with Gasteiger partial charge in [0.05, 0.1) is 4.88 Å². The zero-order valence-corrected chi connectivity index (χ0v) is 17.9. The average Bonchev–Trinajstić information content (AvgIpc) is 3.26. The zero-order chi connectivity index (χ0) is 19.7. The number of rotatable bonds is 4. The van der Waals surface area contributed by atoms with Gasteiger partial charge in [-0.05, 0) is 62.2 Å². The van der Waals surface area contributed by atoms with Crippen LogP contribution in [0, 0.1) is 12.7 Å². The van der Waals surface area contributed by atoms with Crippen molar-refractivity contribution in [2.24, 2.45) is 7.05 Å². The number of anilines is 1. The van der Waals surface area contributed by atoms with E-state index in [4.69, 9.17) is 0 Å². The first-order chi connectivity index (χ1) is 13.5. The van der Waals surface area contributed by atoms with Gasteiger partial charge in [0.2, 0.25) is 5.95 Å². The number of carbonyl (C=O) groups excluding carboxylic acids is 1. The molecule has 1 saturated heterocycles. The number of hydrogen-bond donors (Lipinski definition) is 2. The summed E-state index contributed by atoms with van der Waals surface area (Å²) >= 11 is 1.39. The molecule has 0 saturated carbocycles. The van der Waals surface area contributed by atoms with Crippen LogP contribution in [0.4, 0.5) is 10.3 Å². The second-order valence-corrected chi connectivity index (χ2v) is 8.08. The molecule has 2 aromatic heterocycles. The maximum atomic E-state index is 13.2. The molecule has 2 N–H and O–H groups in total. The molecular weight excluding hydrogens is 413 g/mol. The van der Waals surface area contributed by atoms with E-state index in [-0.39, 0.29) is 24.1 Å². The van der Waals surface area contributed by atoms with Crippen molar-refractivity contribution in [3.8, 4) is 10.4 Å². The van der Waals surface area contributed by atoms with Crippen LogP contribution in [0.15, 0.2) is 30.3 Å². The Morgan fingerprint density at radius 2 is 1.97 bits per heavy atom. The SMILES string of the molecule is Cc1cc(C(=O)Nc2nc(C3CCNCC3)nn2C)sc1-c1ccc(F)cc1.Cl. The van der Waals surface area contributed by atoms with Gasteiger partial charge in [-0.15, -0.1) is 23.7 Å². The number of aromatic nitrogens is 3. The van der Waals surface area contributed by atoms with Crippen molar-refractivity contribution in [3.05, 3.63) is 52.4 Å². The monoisotopic (exact) mass is 435 g/mol. The Morgan fingerprint density at radius 1 is 1.28 bits per heavy atom. The van der Waals surface area contributed by atoms with Crippen LogP contribution < -0.4 is 10.6 Å². The van der Waals surface area contributed by atoms with Crippen LogP contribution in [0.1, 0.15) is 39.8 Å². The van der Waals surface area contributed by atoms with Gasteiger partial charge < -0.3 is 5.32 Å². The fourth-order valence-corrected chi connectivity index (χ4v) is 4.48. The summed E-state index contributed by atoms with van der Waals surface area (Å²) in [4.78, 5) is 18.8. The number of hydrogen-bond acceptors (Lipinski definition) is 5. The first-order valence-corrected chi connectivity index (χ1v) is 10.1. The van der Waals surface area contributed by atoms with Gasteiger partial charge in [0, 0.05) is 17.8 Å². The topological polar surface area (TPSA) is 71.8 Å². The summed E-state index contributed by atoms with van der Waals surface area (Å²) in [6.45, 7) is 3.88. The summed E-state index contributed by atoms with van der Waals surface area (Å²) in [6, 6.07) is 8.16. The lowest BCUT2D eigenvalue weighted by molar-refractivity contribution is 0.102. The van der Waals surface area contributed by atoms with Crippen LogP contribution in [0.3, 0.4) is 0 Å². The van der Waals surface area contributed by atoms with Crippen molar-refractivity contribution >= 4 is 35.6 Å². The van der Waals surface area contributed by atoms with E-state index >= 15 is 0 Å². The lowest BCUT2D eigenvalue weighted by Gasteiger charge is -2.19. The molecule has 9 heteroatoms. The van der Waals surface area contributed by atoms with Crippen LogP contribution in [0.2, 0.25) is 0 Å². The maximum Gasteiger partial charge on any atom is 0.268 e. The van der Waals surface area contributed by atoms with Gasteiger partial charge in [-0.1, -0.05) is 12.1 Å². The standard InChI is InChI=1S/C20H22FN5OS.ClH/c1-12-11-16(28-17(12)13-3-5-15(21)6-4-13)19(27)24-20-23-18(25-26(20)2)14-7-9-22-10-8-14;/h3-6,11,14,22H,7-10H2,1-2H3,(H,23,24,25,27);1H. The average molecular weight is 436 g/mol. The molecule has 0 radical (unpaired) electrons. The fraction of sp³-hybridized carbons (Fsp3) is 0.350. The van der Waals surface area contributed by atoms with Crippen LogP contribution in [0.5, 0.6) is 0 Å². The minimum atomic E-state index is -0.275. The van der Waals surface area contributed by atoms with Crippen molar-refractivity contribution in [2.75, 3.05) is 18.4 Å². The number of piperidine rings is 1. The number of nitrogens with zero attached hydrogens (tertiary/aromatic N) is 3. The molecule has 6 nitrogen and oxygen atoms in total. The number of halogens is 2. The molecule has 0 atom stereocenters. The van der Waals surface area contributed by atoms with Crippen molar-refractivity contribution in [2.45, 2.75) is 25.7 Å². The summed E-state index contributed by atoms with van der Waals surface area (Å²) in [5, 5.41) is 10.7. The first kappa shape index (κ1) is 21.4. The molecule has 0 aliphatic carbocycles. The van der Waals surface area contributed by atoms with Crippen molar-refractivity contribution in [1.82, 2.24) is 20.1 Å². The number of nitrogens with one attached hydrogen (secondary N) is 2. The van der Waals surface area contributed by atoms with Gasteiger partial charge in [0.25, 0.3) is 5.91 Å². The van der Waals surface area contributed by atoms with Gasteiger partial charge in [0.1, 0.15) is 5.82 Å². The Bertz CT molecular complexity index is 995. The Labute approximate surface area is 179 Å². The smallest absolute Gasteiger partial charge is 0.268 e. The van der Waals surface area contributed by atoms with E-state index < -0.39 is 0 Å². The van der Waals surface area contributed by atoms with E-state index in [1.54, 1.807) is 23.9 Å². The van der Waals surface area contributed by atoms with Crippen molar-refractivity contribution < 1.29 is 9.18 Å². The molecule has 0 bridgehead atoms. The van der Waals surface area contributed by atoms with Gasteiger partial charge in [0.15, 0.2) is 5.82 Å². The second-order valence-electron chi connectivity index (χ2n) is 7.03. The van der Waals surface area contributed by atoms with Crippen molar-refractivity contribution in [1.29, 1.82) is 0 Å². The van der Waals surface area contributed by atoms with E-state index in [0.717, 1.165) is 47.8 Å². The second kappa shape index (κ2) is 9.02. The fourth-order valence-electron chi connectivity index (χ4n) is 3.41. The minimum absolute atomic E-state index is 0. The highest BCUT2D eigenvalue weighted by Gasteiger charge is 2.22. The summed E-state index contributed by atoms with van der Waals surface area (Å²) in [7, 11) is 1.79. The Morgan fingerprint density at radius 3 is 2.66 bits per heavy atom.